The standard InChI is InChI=1S/C13H16N2O3/c1-9-2-4-10(5-3-9)15-12(18)14-8-13(6-7-13)11(16)17/h2-5H,6-8H2,1H3,(H,16,17)(H2,14,15,18). The van der Waals surface area contributed by atoms with Crippen molar-refractivity contribution < 1.29 is 14.7 Å². The van der Waals surface area contributed by atoms with Gasteiger partial charge in [-0.05, 0) is 31.9 Å². The fourth-order valence-corrected chi connectivity index (χ4v) is 1.68. The van der Waals surface area contributed by atoms with Gasteiger partial charge in [0.25, 0.3) is 0 Å². The van der Waals surface area contributed by atoms with Crippen LogP contribution in [0.1, 0.15) is 18.4 Å². The van der Waals surface area contributed by atoms with Crippen LogP contribution in [0.5, 0.6) is 0 Å². The molecule has 1 fully saturated rings. The minimum absolute atomic E-state index is 0.181. The van der Waals surface area contributed by atoms with E-state index in [1.54, 1.807) is 12.1 Å². The summed E-state index contributed by atoms with van der Waals surface area (Å²) in [5.41, 5.74) is 1.08. The Morgan fingerprint density at radius 3 is 2.39 bits per heavy atom. The summed E-state index contributed by atoms with van der Waals surface area (Å²) in [6.07, 6.45) is 1.26. The summed E-state index contributed by atoms with van der Waals surface area (Å²) >= 11 is 0. The molecule has 0 aliphatic heterocycles. The third-order valence-electron chi connectivity index (χ3n) is 3.20. The number of aryl methyl sites for hydroxylation is 1. The lowest BCUT2D eigenvalue weighted by molar-refractivity contribution is -0.143. The van der Waals surface area contributed by atoms with Crippen molar-refractivity contribution in [3.63, 3.8) is 0 Å². The summed E-state index contributed by atoms with van der Waals surface area (Å²) in [4.78, 5) is 22.5. The van der Waals surface area contributed by atoms with Gasteiger partial charge in [0.1, 0.15) is 0 Å². The number of carboxylic acids is 1. The van der Waals surface area contributed by atoms with Crippen LogP contribution in [0.2, 0.25) is 0 Å². The molecule has 0 unspecified atom stereocenters. The number of carbonyl (C=O) groups excluding carboxylic acids is 1. The Bertz CT molecular complexity index is 464. The molecule has 0 atom stereocenters. The van der Waals surface area contributed by atoms with E-state index in [0.717, 1.165) is 5.56 Å². The quantitative estimate of drug-likeness (QED) is 0.762. The molecule has 0 bridgehead atoms. The van der Waals surface area contributed by atoms with E-state index in [2.05, 4.69) is 10.6 Å². The van der Waals surface area contributed by atoms with Gasteiger partial charge in [0, 0.05) is 12.2 Å². The molecule has 0 heterocycles. The molecule has 1 aromatic rings. The number of rotatable bonds is 4. The zero-order valence-corrected chi connectivity index (χ0v) is 10.2. The second kappa shape index (κ2) is 4.68. The SMILES string of the molecule is Cc1ccc(NC(=O)NCC2(C(=O)O)CC2)cc1. The lowest BCUT2D eigenvalue weighted by Crippen LogP contribution is -2.36. The van der Waals surface area contributed by atoms with Gasteiger partial charge in [0.15, 0.2) is 0 Å². The Hall–Kier alpha value is -2.04. The molecule has 18 heavy (non-hydrogen) atoms. The van der Waals surface area contributed by atoms with Crippen LogP contribution in [0.3, 0.4) is 0 Å². The maximum absolute atomic E-state index is 11.6. The topological polar surface area (TPSA) is 78.4 Å². The highest BCUT2D eigenvalue weighted by molar-refractivity contribution is 5.90. The molecule has 0 aromatic heterocycles. The largest absolute Gasteiger partial charge is 0.481 e. The van der Waals surface area contributed by atoms with E-state index in [9.17, 15) is 9.59 Å². The smallest absolute Gasteiger partial charge is 0.319 e. The van der Waals surface area contributed by atoms with Crippen LogP contribution in [0, 0.1) is 12.3 Å². The van der Waals surface area contributed by atoms with Gasteiger partial charge in [0.05, 0.1) is 5.41 Å². The third-order valence-corrected chi connectivity index (χ3v) is 3.20. The number of urea groups is 1. The summed E-state index contributed by atoms with van der Waals surface area (Å²) in [6, 6.07) is 7.04. The molecule has 5 heteroatoms. The summed E-state index contributed by atoms with van der Waals surface area (Å²) in [5.74, 6) is -0.835. The Balaban J connectivity index is 1.82. The van der Waals surface area contributed by atoms with Crippen molar-refractivity contribution >= 4 is 17.7 Å². The lowest BCUT2D eigenvalue weighted by atomic mass is 10.1. The molecule has 0 radical (unpaired) electrons. The van der Waals surface area contributed by atoms with Crippen LogP contribution < -0.4 is 10.6 Å². The van der Waals surface area contributed by atoms with Crippen LogP contribution in [-0.4, -0.2) is 23.7 Å². The first kappa shape index (κ1) is 12.4. The van der Waals surface area contributed by atoms with Crippen LogP contribution >= 0.6 is 0 Å². The van der Waals surface area contributed by atoms with Gasteiger partial charge < -0.3 is 15.7 Å². The molecular weight excluding hydrogens is 232 g/mol. The van der Waals surface area contributed by atoms with E-state index >= 15 is 0 Å². The molecule has 1 aromatic carbocycles. The molecule has 1 saturated carbocycles. The van der Waals surface area contributed by atoms with Gasteiger partial charge in [-0.2, -0.15) is 0 Å². The fourth-order valence-electron chi connectivity index (χ4n) is 1.68. The number of hydrogen-bond acceptors (Lipinski definition) is 2. The first-order chi connectivity index (χ1) is 8.52. The van der Waals surface area contributed by atoms with Crippen LogP contribution in [0.25, 0.3) is 0 Å². The zero-order valence-electron chi connectivity index (χ0n) is 10.2. The van der Waals surface area contributed by atoms with Crippen molar-refractivity contribution in [2.24, 2.45) is 5.41 Å². The highest BCUT2D eigenvalue weighted by Crippen LogP contribution is 2.45. The number of carboxylic acid groups (broad SMARTS) is 1. The minimum Gasteiger partial charge on any atom is -0.481 e. The summed E-state index contributed by atoms with van der Waals surface area (Å²) in [5, 5.41) is 14.2. The Morgan fingerprint density at radius 2 is 1.89 bits per heavy atom. The minimum atomic E-state index is -0.835. The van der Waals surface area contributed by atoms with Crippen molar-refractivity contribution in [1.29, 1.82) is 0 Å². The van der Waals surface area contributed by atoms with E-state index < -0.39 is 11.4 Å². The number of aliphatic carboxylic acids is 1. The second-order valence-corrected chi connectivity index (χ2v) is 4.76. The monoisotopic (exact) mass is 248 g/mol. The first-order valence-corrected chi connectivity index (χ1v) is 5.87. The highest BCUT2D eigenvalue weighted by Gasteiger charge is 2.50. The van der Waals surface area contributed by atoms with E-state index in [4.69, 9.17) is 5.11 Å². The summed E-state index contributed by atoms with van der Waals surface area (Å²) in [7, 11) is 0. The van der Waals surface area contributed by atoms with Gasteiger partial charge in [-0.15, -0.1) is 0 Å². The summed E-state index contributed by atoms with van der Waals surface area (Å²) < 4.78 is 0. The molecule has 3 N–H and O–H groups in total. The van der Waals surface area contributed by atoms with Crippen molar-refractivity contribution in [2.45, 2.75) is 19.8 Å². The Kier molecular flexibility index (Phi) is 3.23. The van der Waals surface area contributed by atoms with Gasteiger partial charge in [-0.25, -0.2) is 4.79 Å². The summed E-state index contributed by atoms with van der Waals surface area (Å²) in [6.45, 7) is 2.15. The normalized spacial score (nSPS) is 15.8. The third kappa shape index (κ3) is 2.80. The van der Waals surface area contributed by atoms with E-state index in [0.29, 0.717) is 18.5 Å². The fraction of sp³-hybridized carbons (Fsp3) is 0.385. The van der Waals surface area contributed by atoms with Crippen molar-refractivity contribution in [1.82, 2.24) is 5.32 Å². The number of hydrogen-bond donors (Lipinski definition) is 3. The predicted molar refractivity (Wildman–Crippen MR) is 67.5 cm³/mol. The Labute approximate surface area is 105 Å². The van der Waals surface area contributed by atoms with Gasteiger partial charge in [-0.1, -0.05) is 17.7 Å². The van der Waals surface area contributed by atoms with E-state index in [-0.39, 0.29) is 12.6 Å². The number of benzene rings is 1. The highest BCUT2D eigenvalue weighted by atomic mass is 16.4. The number of anilines is 1. The predicted octanol–water partition coefficient (Wildman–Crippen LogP) is 1.98. The lowest BCUT2D eigenvalue weighted by Gasteiger charge is -2.12. The molecule has 5 nitrogen and oxygen atoms in total. The van der Waals surface area contributed by atoms with Crippen LogP contribution in [0.15, 0.2) is 24.3 Å². The van der Waals surface area contributed by atoms with Crippen LogP contribution in [0.4, 0.5) is 10.5 Å². The zero-order chi connectivity index (χ0) is 13.2. The molecule has 2 rings (SSSR count). The number of amides is 2. The Morgan fingerprint density at radius 1 is 1.28 bits per heavy atom. The molecule has 96 valence electrons. The van der Waals surface area contributed by atoms with Gasteiger partial charge >= 0.3 is 12.0 Å². The number of carbonyl (C=O) groups is 2. The van der Waals surface area contributed by atoms with E-state index in [1.165, 1.54) is 0 Å². The molecule has 1 aliphatic rings. The second-order valence-electron chi connectivity index (χ2n) is 4.76. The molecule has 2 amide bonds. The maximum atomic E-state index is 11.6. The van der Waals surface area contributed by atoms with Gasteiger partial charge in [-0.3, -0.25) is 4.79 Å². The molecule has 1 aliphatic carbocycles. The van der Waals surface area contributed by atoms with Crippen molar-refractivity contribution in [3.05, 3.63) is 29.8 Å². The molecule has 0 saturated heterocycles. The number of nitrogens with one attached hydrogen (secondary N) is 2. The van der Waals surface area contributed by atoms with Crippen molar-refractivity contribution in [3.8, 4) is 0 Å². The van der Waals surface area contributed by atoms with Crippen molar-refractivity contribution in [2.75, 3.05) is 11.9 Å². The average Bonchev–Trinajstić information content (AvgIpc) is 3.11. The van der Waals surface area contributed by atoms with Gasteiger partial charge in [0.2, 0.25) is 0 Å². The van der Waals surface area contributed by atoms with Crippen LogP contribution in [-0.2, 0) is 4.79 Å². The molecular formula is C13H16N2O3. The van der Waals surface area contributed by atoms with E-state index in [1.807, 2.05) is 19.1 Å². The first-order valence-electron chi connectivity index (χ1n) is 5.87. The maximum Gasteiger partial charge on any atom is 0.319 e. The average molecular weight is 248 g/mol. The molecule has 0 spiro atoms.